The van der Waals surface area contributed by atoms with E-state index in [0.29, 0.717) is 12.0 Å². The number of aliphatic hydroxyl groups excluding tert-OH is 1. The summed E-state index contributed by atoms with van der Waals surface area (Å²) in [5.41, 5.74) is 0. The van der Waals surface area contributed by atoms with Crippen molar-refractivity contribution in [3.63, 3.8) is 0 Å². The lowest BCUT2D eigenvalue weighted by Crippen LogP contribution is -2.52. The van der Waals surface area contributed by atoms with E-state index < -0.39 is 0 Å². The van der Waals surface area contributed by atoms with Crippen LogP contribution in [0.25, 0.3) is 0 Å². The molecule has 0 bridgehead atoms. The SMILES string of the molecule is OC1CCC2CCC3CCCNC3C12. The number of hydrogen-bond acceptors (Lipinski definition) is 2. The lowest BCUT2D eigenvalue weighted by atomic mass is 9.68. The number of aliphatic hydroxyl groups is 1. The van der Waals surface area contributed by atoms with E-state index in [9.17, 15) is 5.11 Å². The van der Waals surface area contributed by atoms with E-state index in [-0.39, 0.29) is 6.10 Å². The van der Waals surface area contributed by atoms with Gasteiger partial charge in [0.2, 0.25) is 0 Å². The summed E-state index contributed by atoms with van der Waals surface area (Å²) in [5, 5.41) is 13.7. The van der Waals surface area contributed by atoms with Crippen LogP contribution in [0.3, 0.4) is 0 Å². The van der Waals surface area contributed by atoms with Crippen LogP contribution in [0.1, 0.15) is 38.5 Å². The highest BCUT2D eigenvalue weighted by molar-refractivity contribution is 5.00. The van der Waals surface area contributed by atoms with E-state index in [2.05, 4.69) is 5.32 Å². The van der Waals surface area contributed by atoms with Crippen LogP contribution in [-0.2, 0) is 0 Å². The highest BCUT2D eigenvalue weighted by Gasteiger charge is 2.46. The fourth-order valence-corrected chi connectivity index (χ4v) is 4.13. The van der Waals surface area contributed by atoms with Gasteiger partial charge in [-0.2, -0.15) is 0 Å². The second-order valence-corrected chi connectivity index (χ2v) is 5.44. The number of rotatable bonds is 0. The molecule has 3 rings (SSSR count). The molecular formula is C12H21NO. The first-order chi connectivity index (χ1) is 6.86. The van der Waals surface area contributed by atoms with E-state index in [1.165, 1.54) is 38.6 Å². The van der Waals surface area contributed by atoms with Crippen molar-refractivity contribution in [2.45, 2.75) is 50.7 Å². The molecule has 1 heterocycles. The molecule has 2 saturated carbocycles. The molecule has 80 valence electrons. The Morgan fingerprint density at radius 2 is 1.71 bits per heavy atom. The Kier molecular flexibility index (Phi) is 2.29. The molecule has 2 N–H and O–H groups in total. The smallest absolute Gasteiger partial charge is 0.0586 e. The summed E-state index contributed by atoms with van der Waals surface area (Å²) in [5.74, 6) is 2.30. The quantitative estimate of drug-likeness (QED) is 0.614. The predicted octanol–water partition coefficient (Wildman–Crippen LogP) is 1.54. The average Bonchev–Trinajstić information content (AvgIpc) is 2.61. The second-order valence-electron chi connectivity index (χ2n) is 5.44. The van der Waals surface area contributed by atoms with Crippen molar-refractivity contribution in [3.05, 3.63) is 0 Å². The molecule has 1 saturated heterocycles. The van der Waals surface area contributed by atoms with Crippen LogP contribution < -0.4 is 5.32 Å². The standard InChI is InChI=1S/C12H21NO/c14-10-6-5-8-3-4-9-2-1-7-13-12(9)11(8)10/h8-14H,1-7H2. The Morgan fingerprint density at radius 1 is 0.929 bits per heavy atom. The summed E-state index contributed by atoms with van der Waals surface area (Å²) < 4.78 is 0. The Morgan fingerprint density at radius 3 is 2.64 bits per heavy atom. The Bertz CT molecular complexity index is 218. The molecule has 0 aromatic rings. The minimum atomic E-state index is -0.00148. The minimum Gasteiger partial charge on any atom is -0.393 e. The summed E-state index contributed by atoms with van der Waals surface area (Å²) in [7, 11) is 0. The molecule has 0 spiro atoms. The van der Waals surface area contributed by atoms with Gasteiger partial charge in [0.1, 0.15) is 0 Å². The summed E-state index contributed by atoms with van der Waals surface area (Å²) in [6.07, 6.45) is 7.86. The zero-order valence-corrected chi connectivity index (χ0v) is 8.78. The minimum absolute atomic E-state index is 0.00148. The summed E-state index contributed by atoms with van der Waals surface area (Å²) in [6, 6.07) is 0.653. The van der Waals surface area contributed by atoms with Gasteiger partial charge in [-0.25, -0.2) is 0 Å². The maximum atomic E-state index is 10.0. The monoisotopic (exact) mass is 195 g/mol. The van der Waals surface area contributed by atoms with Crippen LogP contribution >= 0.6 is 0 Å². The Labute approximate surface area is 86.1 Å². The first kappa shape index (κ1) is 9.17. The molecule has 5 unspecified atom stereocenters. The second kappa shape index (κ2) is 3.49. The molecule has 3 fully saturated rings. The summed E-state index contributed by atoms with van der Waals surface area (Å²) in [6.45, 7) is 1.18. The maximum Gasteiger partial charge on any atom is 0.0586 e. The van der Waals surface area contributed by atoms with Crippen LogP contribution in [0.5, 0.6) is 0 Å². The van der Waals surface area contributed by atoms with Crippen LogP contribution in [0, 0.1) is 17.8 Å². The molecule has 3 aliphatic rings. The number of nitrogens with one attached hydrogen (secondary N) is 1. The van der Waals surface area contributed by atoms with Gasteiger partial charge in [-0.3, -0.25) is 0 Å². The van der Waals surface area contributed by atoms with Crippen molar-refractivity contribution in [2.75, 3.05) is 6.54 Å². The number of hydrogen-bond donors (Lipinski definition) is 2. The van der Waals surface area contributed by atoms with E-state index in [0.717, 1.165) is 18.3 Å². The predicted molar refractivity (Wildman–Crippen MR) is 56.0 cm³/mol. The van der Waals surface area contributed by atoms with Gasteiger partial charge in [0.05, 0.1) is 6.10 Å². The molecule has 0 aromatic carbocycles. The molecule has 0 amide bonds. The van der Waals surface area contributed by atoms with E-state index in [4.69, 9.17) is 0 Å². The van der Waals surface area contributed by atoms with Crippen LogP contribution in [-0.4, -0.2) is 23.8 Å². The molecule has 1 aliphatic heterocycles. The highest BCUT2D eigenvalue weighted by atomic mass is 16.3. The normalized spacial score (nSPS) is 52.5. The van der Waals surface area contributed by atoms with Crippen LogP contribution in [0.15, 0.2) is 0 Å². The maximum absolute atomic E-state index is 10.0. The van der Waals surface area contributed by atoms with Gasteiger partial charge in [0, 0.05) is 12.0 Å². The fourth-order valence-electron chi connectivity index (χ4n) is 4.13. The lowest BCUT2D eigenvalue weighted by molar-refractivity contribution is 0.0316. The molecule has 2 heteroatoms. The van der Waals surface area contributed by atoms with Crippen LogP contribution in [0.4, 0.5) is 0 Å². The van der Waals surface area contributed by atoms with Crippen LogP contribution in [0.2, 0.25) is 0 Å². The number of fused-ring (bicyclic) bond motifs is 3. The molecular weight excluding hydrogens is 174 g/mol. The van der Waals surface area contributed by atoms with Crippen molar-refractivity contribution in [1.29, 1.82) is 0 Å². The third-order valence-corrected chi connectivity index (χ3v) is 4.78. The van der Waals surface area contributed by atoms with Crippen molar-refractivity contribution < 1.29 is 5.11 Å². The highest BCUT2D eigenvalue weighted by Crippen LogP contribution is 2.46. The van der Waals surface area contributed by atoms with Crippen molar-refractivity contribution in [3.8, 4) is 0 Å². The molecule has 0 radical (unpaired) electrons. The van der Waals surface area contributed by atoms with Gasteiger partial charge >= 0.3 is 0 Å². The molecule has 2 aliphatic carbocycles. The third-order valence-electron chi connectivity index (χ3n) is 4.78. The third kappa shape index (κ3) is 1.31. The molecule has 14 heavy (non-hydrogen) atoms. The van der Waals surface area contributed by atoms with Gasteiger partial charge in [-0.1, -0.05) is 0 Å². The number of piperidine rings is 1. The molecule has 5 atom stereocenters. The Hall–Kier alpha value is -0.0800. The lowest BCUT2D eigenvalue weighted by Gasteiger charge is -2.44. The fraction of sp³-hybridized carbons (Fsp3) is 1.00. The summed E-state index contributed by atoms with van der Waals surface area (Å²) >= 11 is 0. The van der Waals surface area contributed by atoms with E-state index in [1.807, 2.05) is 0 Å². The Balaban J connectivity index is 1.80. The van der Waals surface area contributed by atoms with Gasteiger partial charge in [0.25, 0.3) is 0 Å². The van der Waals surface area contributed by atoms with Crippen molar-refractivity contribution in [1.82, 2.24) is 5.32 Å². The van der Waals surface area contributed by atoms with Crippen molar-refractivity contribution in [2.24, 2.45) is 17.8 Å². The average molecular weight is 195 g/mol. The zero-order valence-electron chi connectivity index (χ0n) is 8.78. The first-order valence-electron chi connectivity index (χ1n) is 6.28. The molecule has 0 aromatic heterocycles. The van der Waals surface area contributed by atoms with Gasteiger partial charge in [0.15, 0.2) is 0 Å². The van der Waals surface area contributed by atoms with Gasteiger partial charge in [-0.15, -0.1) is 0 Å². The zero-order chi connectivity index (χ0) is 9.54. The topological polar surface area (TPSA) is 32.3 Å². The van der Waals surface area contributed by atoms with Gasteiger partial charge in [-0.05, 0) is 56.9 Å². The first-order valence-corrected chi connectivity index (χ1v) is 6.28. The van der Waals surface area contributed by atoms with E-state index in [1.54, 1.807) is 0 Å². The van der Waals surface area contributed by atoms with Gasteiger partial charge < -0.3 is 10.4 Å². The van der Waals surface area contributed by atoms with Crippen molar-refractivity contribution >= 4 is 0 Å². The largest absolute Gasteiger partial charge is 0.393 e. The summed E-state index contributed by atoms with van der Waals surface area (Å²) in [4.78, 5) is 0. The van der Waals surface area contributed by atoms with E-state index >= 15 is 0 Å². The molecule has 2 nitrogen and oxygen atoms in total.